The van der Waals surface area contributed by atoms with Crippen molar-refractivity contribution in [3.63, 3.8) is 0 Å². The molecule has 0 aliphatic heterocycles. The lowest BCUT2D eigenvalue weighted by Gasteiger charge is -2.17. The molecule has 0 aliphatic carbocycles. The van der Waals surface area contributed by atoms with Gasteiger partial charge in [-0.25, -0.2) is 4.39 Å². The molecule has 0 bridgehead atoms. The molecule has 0 fully saturated rings. The highest BCUT2D eigenvalue weighted by Gasteiger charge is 2.39. The summed E-state index contributed by atoms with van der Waals surface area (Å²) in [5.41, 5.74) is 4.38. The lowest BCUT2D eigenvalue weighted by Crippen LogP contribution is -2.29. The Morgan fingerprint density at radius 2 is 1.93 bits per heavy atom. The molecule has 6 heteroatoms. The van der Waals surface area contributed by atoms with Crippen LogP contribution in [0.2, 0.25) is 0 Å². The van der Waals surface area contributed by atoms with Gasteiger partial charge in [0.25, 0.3) is 0 Å². The minimum atomic E-state index is -4.70. The van der Waals surface area contributed by atoms with Crippen LogP contribution >= 0.6 is 0 Å². The first kappa shape index (κ1) is 11.9. The van der Waals surface area contributed by atoms with Gasteiger partial charge in [0.1, 0.15) is 11.9 Å². The van der Waals surface area contributed by atoms with Crippen LogP contribution in [0, 0.1) is 5.82 Å². The number of benzene rings is 1. The third-order valence-corrected chi connectivity index (χ3v) is 1.93. The highest BCUT2D eigenvalue weighted by atomic mass is 19.4. The van der Waals surface area contributed by atoms with Crippen LogP contribution in [0.3, 0.4) is 0 Å². The maximum absolute atomic E-state index is 13.0. The maximum atomic E-state index is 13.0. The van der Waals surface area contributed by atoms with E-state index in [0.29, 0.717) is 0 Å². The maximum Gasteiger partial charge on any atom is 0.407 e. The Bertz CT molecular complexity index is 350. The third kappa shape index (κ3) is 2.66. The van der Waals surface area contributed by atoms with Crippen molar-refractivity contribution in [2.75, 3.05) is 0 Å². The predicted octanol–water partition coefficient (Wildman–Crippen LogP) is 1.88. The number of hydrogen-bond donors (Lipinski definition) is 2. The normalized spacial score (nSPS) is 14.0. The smallest absolute Gasteiger partial charge is 0.392 e. The molecule has 0 amide bonds. The summed E-state index contributed by atoms with van der Waals surface area (Å²) in [7, 11) is 0. The van der Waals surface area contributed by atoms with Gasteiger partial charge in [-0.2, -0.15) is 13.2 Å². The molecule has 1 aromatic rings. The Balaban J connectivity index is 3.12. The summed E-state index contributed by atoms with van der Waals surface area (Å²) in [6, 6.07) is 0.589. The first-order chi connectivity index (χ1) is 6.86. The molecule has 84 valence electrons. The van der Waals surface area contributed by atoms with Crippen LogP contribution < -0.4 is 5.73 Å². The zero-order valence-corrected chi connectivity index (χ0v) is 7.55. The Labute approximate surface area is 83.3 Å². The van der Waals surface area contributed by atoms with Gasteiger partial charge in [-0.15, -0.1) is 0 Å². The van der Waals surface area contributed by atoms with Crippen molar-refractivity contribution in [3.8, 4) is 0 Å². The number of aliphatic hydroxyl groups is 1. The molecule has 0 unspecified atom stereocenters. The molecule has 15 heavy (non-hydrogen) atoms. The fourth-order valence-electron chi connectivity index (χ4n) is 1.11. The van der Waals surface area contributed by atoms with Crippen molar-refractivity contribution >= 4 is 0 Å². The number of rotatable bonds is 2. The van der Waals surface area contributed by atoms with Gasteiger partial charge >= 0.3 is 6.18 Å². The molecule has 0 saturated heterocycles. The van der Waals surface area contributed by atoms with Crippen LogP contribution in [0.25, 0.3) is 0 Å². The molecule has 1 rings (SSSR count). The van der Waals surface area contributed by atoms with E-state index in [4.69, 9.17) is 10.8 Å². The van der Waals surface area contributed by atoms with Crippen molar-refractivity contribution in [1.29, 1.82) is 0 Å². The number of nitrogens with two attached hydrogens (primary N) is 1. The average molecular weight is 223 g/mol. The minimum Gasteiger partial charge on any atom is -0.392 e. The predicted molar refractivity (Wildman–Crippen MR) is 45.3 cm³/mol. The third-order valence-electron chi connectivity index (χ3n) is 1.93. The van der Waals surface area contributed by atoms with E-state index in [9.17, 15) is 17.6 Å². The summed E-state index contributed by atoms with van der Waals surface area (Å²) < 4.78 is 49.6. The molecule has 2 nitrogen and oxygen atoms in total. The van der Waals surface area contributed by atoms with Crippen LogP contribution in [0.5, 0.6) is 0 Å². The summed E-state index contributed by atoms with van der Waals surface area (Å²) in [5.74, 6) is -1.03. The van der Waals surface area contributed by atoms with Crippen molar-refractivity contribution < 1.29 is 22.7 Å². The largest absolute Gasteiger partial charge is 0.407 e. The van der Waals surface area contributed by atoms with Crippen LogP contribution in [0.4, 0.5) is 17.6 Å². The molecule has 0 heterocycles. The summed E-state index contributed by atoms with van der Waals surface area (Å²) in [4.78, 5) is 0. The SMILES string of the molecule is N[C@@H](c1cc(CO)ccc1F)C(F)(F)F. The van der Waals surface area contributed by atoms with Gasteiger partial charge in [-0.05, 0) is 17.7 Å². The number of aliphatic hydroxyl groups excluding tert-OH is 1. The van der Waals surface area contributed by atoms with Crippen LogP contribution in [0.15, 0.2) is 18.2 Å². The minimum absolute atomic E-state index is 0.186. The summed E-state index contributed by atoms with van der Waals surface area (Å²) in [6.07, 6.45) is -4.70. The molecule has 1 aromatic carbocycles. The second kappa shape index (κ2) is 4.16. The lowest BCUT2D eigenvalue weighted by molar-refractivity contribution is -0.149. The second-order valence-electron chi connectivity index (χ2n) is 3.03. The zero-order chi connectivity index (χ0) is 11.6. The van der Waals surface area contributed by atoms with Crippen molar-refractivity contribution in [2.45, 2.75) is 18.8 Å². The van der Waals surface area contributed by atoms with Gasteiger partial charge in [-0.3, -0.25) is 0 Å². The second-order valence-corrected chi connectivity index (χ2v) is 3.03. The fourth-order valence-corrected chi connectivity index (χ4v) is 1.11. The van der Waals surface area contributed by atoms with Crippen LogP contribution in [-0.4, -0.2) is 11.3 Å². The van der Waals surface area contributed by atoms with Gasteiger partial charge in [0.05, 0.1) is 6.61 Å². The van der Waals surface area contributed by atoms with Crippen molar-refractivity contribution in [1.82, 2.24) is 0 Å². The van der Waals surface area contributed by atoms with E-state index in [2.05, 4.69) is 0 Å². The van der Waals surface area contributed by atoms with E-state index in [0.717, 1.165) is 12.1 Å². The molecule has 3 N–H and O–H groups in total. The molecule has 1 atom stereocenters. The Morgan fingerprint density at radius 3 is 2.40 bits per heavy atom. The average Bonchev–Trinajstić information content (AvgIpc) is 2.16. The lowest BCUT2D eigenvalue weighted by atomic mass is 10.0. The highest BCUT2D eigenvalue weighted by Crippen LogP contribution is 2.32. The first-order valence-electron chi connectivity index (χ1n) is 4.07. The first-order valence-corrected chi connectivity index (χ1v) is 4.07. The number of hydrogen-bond acceptors (Lipinski definition) is 2. The van der Waals surface area contributed by atoms with Crippen molar-refractivity contribution in [3.05, 3.63) is 35.1 Å². The van der Waals surface area contributed by atoms with Gasteiger partial charge in [0, 0.05) is 5.56 Å². The fraction of sp³-hybridized carbons (Fsp3) is 0.333. The van der Waals surface area contributed by atoms with Gasteiger partial charge in [0.15, 0.2) is 0 Å². The number of halogens is 4. The van der Waals surface area contributed by atoms with E-state index in [-0.39, 0.29) is 5.56 Å². The molecular formula is C9H9F4NO. The Hall–Kier alpha value is -1.14. The quantitative estimate of drug-likeness (QED) is 0.752. The molecule has 0 saturated carbocycles. The molecule has 0 aliphatic rings. The van der Waals surface area contributed by atoms with Crippen LogP contribution in [-0.2, 0) is 6.61 Å². The zero-order valence-electron chi connectivity index (χ0n) is 7.55. The topological polar surface area (TPSA) is 46.2 Å². The van der Waals surface area contributed by atoms with E-state index in [1.54, 1.807) is 0 Å². The van der Waals surface area contributed by atoms with E-state index < -0.39 is 30.2 Å². The highest BCUT2D eigenvalue weighted by molar-refractivity contribution is 5.28. The molecule has 0 spiro atoms. The van der Waals surface area contributed by atoms with Crippen LogP contribution in [0.1, 0.15) is 17.2 Å². The van der Waals surface area contributed by atoms with Crippen molar-refractivity contribution in [2.24, 2.45) is 5.73 Å². The van der Waals surface area contributed by atoms with E-state index in [1.807, 2.05) is 0 Å². The molecular weight excluding hydrogens is 214 g/mol. The molecule has 0 aromatic heterocycles. The Kier molecular flexibility index (Phi) is 3.31. The van der Waals surface area contributed by atoms with E-state index >= 15 is 0 Å². The summed E-state index contributed by atoms with van der Waals surface area (Å²) in [5, 5.41) is 8.69. The molecule has 0 radical (unpaired) electrons. The monoisotopic (exact) mass is 223 g/mol. The standard InChI is InChI=1S/C9H9F4NO/c10-7-2-1-5(4-15)3-6(7)8(14)9(11,12)13/h1-3,8,15H,4,14H2/t8-/m0/s1. The van der Waals surface area contributed by atoms with Gasteiger partial charge in [-0.1, -0.05) is 6.07 Å². The summed E-state index contributed by atoms with van der Waals surface area (Å²) in [6.45, 7) is -0.460. The van der Waals surface area contributed by atoms with E-state index in [1.165, 1.54) is 6.07 Å². The summed E-state index contributed by atoms with van der Waals surface area (Å²) >= 11 is 0. The Morgan fingerprint density at radius 1 is 1.33 bits per heavy atom. The van der Waals surface area contributed by atoms with Gasteiger partial charge in [0.2, 0.25) is 0 Å². The number of alkyl halides is 3. The van der Waals surface area contributed by atoms with Gasteiger partial charge < -0.3 is 10.8 Å².